The molecule has 0 aliphatic carbocycles. The largest absolute Gasteiger partial charge is 0.443 e. The minimum atomic E-state index is -3.74. The van der Waals surface area contributed by atoms with Gasteiger partial charge in [-0.05, 0) is 38.5 Å². The first-order valence-electron chi connectivity index (χ1n) is 12.6. The van der Waals surface area contributed by atoms with Crippen LogP contribution >= 0.6 is 23.2 Å². The van der Waals surface area contributed by atoms with Gasteiger partial charge < -0.3 is 19.7 Å². The normalized spacial score (nSPS) is 13.8. The van der Waals surface area contributed by atoms with Gasteiger partial charge in [-0.15, -0.1) is 0 Å². The molecule has 0 saturated heterocycles. The monoisotopic (exact) mass is 612 g/mol. The Hall–Kier alpha value is -2.70. The van der Waals surface area contributed by atoms with Crippen LogP contribution in [0.3, 0.4) is 0 Å². The number of amides is 2. The molecule has 0 bridgehead atoms. The van der Waals surface area contributed by atoms with E-state index in [4.69, 9.17) is 32.7 Å². The van der Waals surface area contributed by atoms with Crippen LogP contribution in [0.15, 0.2) is 52.4 Å². The van der Waals surface area contributed by atoms with Crippen molar-refractivity contribution in [2.75, 3.05) is 45.8 Å². The molecule has 2 aromatic carbocycles. The zero-order valence-corrected chi connectivity index (χ0v) is 25.3. The van der Waals surface area contributed by atoms with Crippen molar-refractivity contribution >= 4 is 50.9 Å². The molecule has 13 heteroatoms. The third-order valence-electron chi connectivity index (χ3n) is 5.68. The van der Waals surface area contributed by atoms with Gasteiger partial charge in [-0.2, -0.15) is 0 Å². The second-order valence-corrected chi connectivity index (χ2v) is 12.9. The summed E-state index contributed by atoms with van der Waals surface area (Å²) in [7, 11) is -2.07. The Morgan fingerprint density at radius 3 is 2.38 bits per heavy atom. The van der Waals surface area contributed by atoms with Crippen LogP contribution in [0.2, 0.25) is 10.0 Å². The van der Waals surface area contributed by atoms with Gasteiger partial charge in [0.1, 0.15) is 28.8 Å². The molecule has 1 aliphatic heterocycles. The van der Waals surface area contributed by atoms with Crippen LogP contribution in [0.4, 0.5) is 4.79 Å². The van der Waals surface area contributed by atoms with E-state index in [-0.39, 0.29) is 46.5 Å². The van der Waals surface area contributed by atoms with Gasteiger partial charge >= 0.3 is 6.09 Å². The van der Waals surface area contributed by atoms with Crippen LogP contribution in [-0.2, 0) is 30.7 Å². The number of benzene rings is 2. The molecule has 0 atom stereocenters. The molecule has 1 heterocycles. The molecular weight excluding hydrogens is 579 g/mol. The van der Waals surface area contributed by atoms with E-state index in [1.165, 1.54) is 21.9 Å². The molecule has 218 valence electrons. The molecular formula is C27H34Cl2N4O6S. The van der Waals surface area contributed by atoms with Crippen LogP contribution in [0.5, 0.6) is 0 Å². The lowest BCUT2D eigenvalue weighted by atomic mass is 10.1. The Balaban J connectivity index is 1.41. The summed E-state index contributed by atoms with van der Waals surface area (Å²) in [5.41, 5.74) is 1.08. The highest BCUT2D eigenvalue weighted by Gasteiger charge is 2.29. The molecule has 2 aromatic rings. The van der Waals surface area contributed by atoms with Gasteiger partial charge in [-0.25, -0.2) is 13.2 Å². The lowest BCUT2D eigenvalue weighted by Crippen LogP contribution is -2.39. The Kier molecular flexibility index (Phi) is 11.0. The van der Waals surface area contributed by atoms with E-state index < -0.39 is 21.5 Å². The summed E-state index contributed by atoms with van der Waals surface area (Å²) in [5.74, 6) is -0.0307. The fourth-order valence-electron chi connectivity index (χ4n) is 3.78. The average molecular weight is 614 g/mol. The maximum absolute atomic E-state index is 12.5. The number of carbonyl (C=O) groups excluding carboxylic acids is 2. The summed E-state index contributed by atoms with van der Waals surface area (Å²) in [4.78, 5) is 32.4. The number of aliphatic imine (C=N–C) groups is 1. The van der Waals surface area contributed by atoms with Gasteiger partial charge in [0, 0.05) is 25.7 Å². The highest BCUT2D eigenvalue weighted by atomic mass is 35.5. The first-order chi connectivity index (χ1) is 18.8. The molecule has 2 amide bonds. The second-order valence-electron chi connectivity index (χ2n) is 10.1. The number of carbonyl (C=O) groups is 2. The molecule has 40 heavy (non-hydrogen) atoms. The van der Waals surface area contributed by atoms with E-state index >= 15 is 0 Å². The molecule has 0 radical (unpaired) electrons. The molecule has 0 spiro atoms. The smallest absolute Gasteiger partial charge is 0.416 e. The van der Waals surface area contributed by atoms with Crippen LogP contribution in [0.25, 0.3) is 0 Å². The summed E-state index contributed by atoms with van der Waals surface area (Å²) in [6.45, 7) is 6.98. The van der Waals surface area contributed by atoms with E-state index in [9.17, 15) is 18.0 Å². The second kappa shape index (κ2) is 13.8. The summed E-state index contributed by atoms with van der Waals surface area (Å²) in [6, 6.07) is 12.0. The van der Waals surface area contributed by atoms with Crippen LogP contribution in [0.1, 0.15) is 31.9 Å². The minimum absolute atomic E-state index is 0.0592. The predicted molar refractivity (Wildman–Crippen MR) is 155 cm³/mol. The van der Waals surface area contributed by atoms with Crippen LogP contribution in [-0.4, -0.2) is 87.4 Å². The van der Waals surface area contributed by atoms with Crippen molar-refractivity contribution in [3.8, 4) is 0 Å². The Bertz CT molecular complexity index is 1320. The summed E-state index contributed by atoms with van der Waals surface area (Å²) in [5, 5.41) is 2.89. The summed E-state index contributed by atoms with van der Waals surface area (Å²) >= 11 is 12.0. The number of hydrogen-bond donors (Lipinski definition) is 1. The Morgan fingerprint density at radius 1 is 1.10 bits per heavy atom. The number of ether oxygens (including phenoxy) is 2. The van der Waals surface area contributed by atoms with E-state index in [1.807, 2.05) is 45.0 Å². The average Bonchev–Trinajstić information content (AvgIpc) is 3.35. The van der Waals surface area contributed by atoms with Gasteiger partial charge in [-0.1, -0.05) is 53.5 Å². The van der Waals surface area contributed by atoms with Crippen molar-refractivity contribution in [2.24, 2.45) is 4.99 Å². The number of amidine groups is 1. The molecule has 0 saturated carbocycles. The number of rotatable bonds is 11. The quantitative estimate of drug-likeness (QED) is 0.381. The Morgan fingerprint density at radius 2 is 1.75 bits per heavy atom. The predicted octanol–water partition coefficient (Wildman–Crippen LogP) is 3.99. The first-order valence-corrected chi connectivity index (χ1v) is 15.0. The van der Waals surface area contributed by atoms with Crippen molar-refractivity contribution < 1.29 is 27.5 Å². The topological polar surface area (TPSA) is 118 Å². The van der Waals surface area contributed by atoms with Crippen molar-refractivity contribution in [3.05, 3.63) is 63.6 Å². The standard InChI is InChI=1S/C27H34Cl2N4O6S/c1-27(2,3)39-26(35)33-14-12-31-25(33)20-10-8-19(9-11-20)16-32(4)23(34)17-38-15-13-30-18-40(36,37)24-21(28)6-5-7-22(24)29/h5-11,30H,12-18H2,1-4H3. The van der Waals surface area contributed by atoms with E-state index in [0.29, 0.717) is 25.5 Å². The molecule has 10 nitrogen and oxygen atoms in total. The highest BCUT2D eigenvalue weighted by Crippen LogP contribution is 2.29. The molecule has 0 fully saturated rings. The first kappa shape index (κ1) is 31.8. The maximum atomic E-state index is 12.5. The van der Waals surface area contributed by atoms with E-state index in [0.717, 1.165) is 11.1 Å². The van der Waals surface area contributed by atoms with Crippen molar-refractivity contribution in [2.45, 2.75) is 37.8 Å². The molecule has 3 rings (SSSR count). The zero-order valence-electron chi connectivity index (χ0n) is 22.9. The lowest BCUT2D eigenvalue weighted by Gasteiger charge is -2.25. The van der Waals surface area contributed by atoms with Gasteiger partial charge in [0.2, 0.25) is 5.91 Å². The SMILES string of the molecule is CN(Cc1ccc(C2=NCCN2C(=O)OC(C)(C)C)cc1)C(=O)COCCNCS(=O)(=O)c1c(Cl)cccc1Cl. The number of nitrogens with zero attached hydrogens (tertiary/aromatic N) is 3. The van der Waals surface area contributed by atoms with E-state index in [1.54, 1.807) is 13.1 Å². The Labute approximate surface area is 245 Å². The summed E-state index contributed by atoms with van der Waals surface area (Å²) in [6.07, 6.45) is -0.431. The number of halogens is 2. The van der Waals surface area contributed by atoms with Crippen LogP contribution < -0.4 is 5.32 Å². The van der Waals surface area contributed by atoms with Crippen molar-refractivity contribution in [1.82, 2.24) is 15.1 Å². The number of hydrogen-bond acceptors (Lipinski definition) is 8. The molecule has 0 unspecified atom stereocenters. The zero-order chi connectivity index (χ0) is 29.5. The van der Waals surface area contributed by atoms with Gasteiger partial charge in [0.15, 0.2) is 9.84 Å². The fourth-order valence-corrected chi connectivity index (χ4v) is 6.17. The van der Waals surface area contributed by atoms with Gasteiger partial charge in [-0.3, -0.25) is 14.7 Å². The van der Waals surface area contributed by atoms with Crippen molar-refractivity contribution in [3.63, 3.8) is 0 Å². The van der Waals surface area contributed by atoms with E-state index in [2.05, 4.69) is 10.3 Å². The maximum Gasteiger partial charge on any atom is 0.416 e. The number of sulfone groups is 1. The van der Waals surface area contributed by atoms with Crippen LogP contribution in [0, 0.1) is 0 Å². The molecule has 0 aromatic heterocycles. The third-order valence-corrected chi connectivity index (χ3v) is 8.18. The number of nitrogens with one attached hydrogen (secondary N) is 1. The number of likely N-dealkylation sites (N-methyl/N-ethyl adjacent to an activating group) is 1. The third kappa shape index (κ3) is 8.90. The lowest BCUT2D eigenvalue weighted by molar-refractivity contribution is -0.135. The minimum Gasteiger partial charge on any atom is -0.443 e. The highest BCUT2D eigenvalue weighted by molar-refractivity contribution is 7.91. The van der Waals surface area contributed by atoms with Gasteiger partial charge in [0.05, 0.1) is 29.7 Å². The molecule has 1 N–H and O–H groups in total. The summed E-state index contributed by atoms with van der Waals surface area (Å²) < 4.78 is 35.9. The van der Waals surface area contributed by atoms with Gasteiger partial charge in [0.25, 0.3) is 0 Å². The van der Waals surface area contributed by atoms with Crippen molar-refractivity contribution in [1.29, 1.82) is 0 Å². The fraction of sp³-hybridized carbons (Fsp3) is 0.444. The molecule has 1 aliphatic rings.